The second kappa shape index (κ2) is 9.62. The Morgan fingerprint density at radius 1 is 1.15 bits per heavy atom. The Morgan fingerprint density at radius 3 is 2.65 bits per heavy atom. The van der Waals surface area contributed by atoms with E-state index in [1.54, 1.807) is 23.6 Å². The van der Waals surface area contributed by atoms with Crippen molar-refractivity contribution in [3.8, 4) is 0 Å². The lowest BCUT2D eigenvalue weighted by Gasteiger charge is -2.05. The van der Waals surface area contributed by atoms with Gasteiger partial charge in [0, 0.05) is 18.8 Å². The van der Waals surface area contributed by atoms with Crippen molar-refractivity contribution in [2.45, 2.75) is 19.9 Å². The maximum Gasteiger partial charge on any atom is 0.270 e. The van der Waals surface area contributed by atoms with E-state index in [1.165, 1.54) is 24.3 Å². The van der Waals surface area contributed by atoms with Crippen molar-refractivity contribution in [3.05, 3.63) is 51.7 Å². The molecule has 3 N–H and O–H groups in total. The molecule has 0 unspecified atom stereocenters. The van der Waals surface area contributed by atoms with E-state index in [2.05, 4.69) is 20.9 Å². The molecule has 0 bridgehead atoms. The Kier molecular flexibility index (Phi) is 7.22. The summed E-state index contributed by atoms with van der Waals surface area (Å²) in [7, 11) is 0. The molecule has 0 aliphatic rings. The molecule has 1 heterocycles. The molecule has 2 rings (SSSR count). The number of carbonyl (C=O) groups excluding carboxylic acids is 3. The highest BCUT2D eigenvalue weighted by molar-refractivity contribution is 7.09. The fraction of sp³-hybridized carbons (Fsp3) is 0.294. The van der Waals surface area contributed by atoms with Crippen molar-refractivity contribution in [2.75, 3.05) is 13.1 Å². The molecule has 138 valence electrons. The number of hydrogen-bond donors (Lipinski definition) is 3. The Balaban J connectivity index is 1.75. The zero-order valence-electron chi connectivity index (χ0n) is 14.2. The number of nitrogens with zero attached hydrogens (tertiary/aromatic N) is 1. The summed E-state index contributed by atoms with van der Waals surface area (Å²) in [5, 5.41) is 9.84. The van der Waals surface area contributed by atoms with Crippen molar-refractivity contribution < 1.29 is 18.8 Å². The van der Waals surface area contributed by atoms with E-state index in [1.807, 2.05) is 0 Å². The average Bonchev–Trinajstić information content (AvgIpc) is 3.09. The second-order valence-corrected chi connectivity index (χ2v) is 6.35. The number of halogens is 1. The van der Waals surface area contributed by atoms with Crippen molar-refractivity contribution in [1.82, 2.24) is 20.9 Å². The van der Waals surface area contributed by atoms with Gasteiger partial charge in [-0.1, -0.05) is 18.2 Å². The van der Waals surface area contributed by atoms with Crippen LogP contribution in [0.4, 0.5) is 4.39 Å². The van der Waals surface area contributed by atoms with Gasteiger partial charge in [0.2, 0.25) is 11.8 Å². The molecule has 3 amide bonds. The van der Waals surface area contributed by atoms with E-state index in [-0.39, 0.29) is 42.3 Å². The third-order valence-electron chi connectivity index (χ3n) is 3.36. The van der Waals surface area contributed by atoms with Gasteiger partial charge in [-0.15, -0.1) is 11.3 Å². The number of rotatable bonds is 8. The van der Waals surface area contributed by atoms with Crippen LogP contribution in [0.5, 0.6) is 0 Å². The number of benzene rings is 1. The minimum absolute atomic E-state index is 0.107. The molecule has 2 aromatic rings. The van der Waals surface area contributed by atoms with Crippen molar-refractivity contribution >= 4 is 29.1 Å². The van der Waals surface area contributed by atoms with Crippen LogP contribution in [-0.4, -0.2) is 35.8 Å². The maximum absolute atomic E-state index is 13.5. The summed E-state index contributed by atoms with van der Waals surface area (Å²) in [4.78, 5) is 38.4. The minimum Gasteiger partial charge on any atom is -0.350 e. The first-order valence-electron chi connectivity index (χ1n) is 7.93. The normalized spacial score (nSPS) is 10.2. The van der Waals surface area contributed by atoms with E-state index in [0.29, 0.717) is 23.5 Å². The largest absolute Gasteiger partial charge is 0.350 e. The Bertz CT molecular complexity index is 794. The monoisotopic (exact) mass is 378 g/mol. The van der Waals surface area contributed by atoms with Crippen LogP contribution in [0.2, 0.25) is 0 Å². The smallest absolute Gasteiger partial charge is 0.270 e. The third kappa shape index (κ3) is 6.25. The zero-order valence-corrected chi connectivity index (χ0v) is 15.0. The summed E-state index contributed by atoms with van der Waals surface area (Å²) in [5.74, 6) is -1.28. The molecule has 0 atom stereocenters. The molecule has 0 saturated carbocycles. The highest BCUT2D eigenvalue weighted by Gasteiger charge is 2.11. The molecule has 1 aromatic heterocycles. The molecular formula is C17H19FN4O3S. The minimum atomic E-state index is -0.353. The van der Waals surface area contributed by atoms with Crippen LogP contribution in [0.3, 0.4) is 0 Å². The van der Waals surface area contributed by atoms with Gasteiger partial charge < -0.3 is 16.0 Å². The number of thiazole rings is 1. The van der Waals surface area contributed by atoms with E-state index < -0.39 is 0 Å². The van der Waals surface area contributed by atoms with E-state index in [0.717, 1.165) is 0 Å². The number of hydrogen-bond acceptors (Lipinski definition) is 5. The summed E-state index contributed by atoms with van der Waals surface area (Å²) in [6.45, 7) is 1.68. The zero-order chi connectivity index (χ0) is 18.9. The molecule has 26 heavy (non-hydrogen) atoms. The molecule has 0 fully saturated rings. The second-order valence-electron chi connectivity index (χ2n) is 5.41. The molecule has 7 nitrogen and oxygen atoms in total. The molecule has 0 aliphatic heterocycles. The fourth-order valence-electron chi connectivity index (χ4n) is 2.04. The van der Waals surface area contributed by atoms with Gasteiger partial charge in [-0.3, -0.25) is 14.4 Å². The quantitative estimate of drug-likeness (QED) is 0.638. The topological polar surface area (TPSA) is 100 Å². The van der Waals surface area contributed by atoms with Crippen LogP contribution in [0.25, 0.3) is 0 Å². The summed E-state index contributed by atoms with van der Waals surface area (Å²) in [6.07, 6.45) is 0.384. The van der Waals surface area contributed by atoms with Crippen LogP contribution in [0, 0.1) is 5.82 Å². The van der Waals surface area contributed by atoms with Crippen LogP contribution in [0.15, 0.2) is 29.6 Å². The first-order valence-corrected chi connectivity index (χ1v) is 8.81. The molecule has 0 radical (unpaired) electrons. The summed E-state index contributed by atoms with van der Waals surface area (Å²) < 4.78 is 13.5. The fourth-order valence-corrected chi connectivity index (χ4v) is 2.75. The standard InChI is InChI=1S/C17H19FN4O3S/c1-11(23)20-8-15(24)21-9-16-22-14(10-26-16)17(25)19-7-6-12-4-2-3-5-13(12)18/h2-5,10H,6-9H2,1H3,(H,19,25)(H,20,23)(H,21,24). The number of carbonyl (C=O) groups is 3. The third-order valence-corrected chi connectivity index (χ3v) is 4.21. The van der Waals surface area contributed by atoms with Crippen molar-refractivity contribution in [3.63, 3.8) is 0 Å². The molecule has 0 saturated heterocycles. The lowest BCUT2D eigenvalue weighted by Crippen LogP contribution is -2.35. The van der Waals surface area contributed by atoms with Gasteiger partial charge in [-0.05, 0) is 18.1 Å². The maximum atomic E-state index is 13.5. The molecule has 0 spiro atoms. The Labute approximate surface area is 154 Å². The SMILES string of the molecule is CC(=O)NCC(=O)NCc1nc(C(=O)NCCc2ccccc2F)cs1. The Morgan fingerprint density at radius 2 is 1.92 bits per heavy atom. The highest BCUT2D eigenvalue weighted by Crippen LogP contribution is 2.10. The van der Waals surface area contributed by atoms with Crippen LogP contribution >= 0.6 is 11.3 Å². The summed E-state index contributed by atoms with van der Waals surface area (Å²) in [6, 6.07) is 6.41. The first-order chi connectivity index (χ1) is 12.5. The van der Waals surface area contributed by atoms with Crippen LogP contribution in [-0.2, 0) is 22.6 Å². The number of amides is 3. The van der Waals surface area contributed by atoms with Gasteiger partial charge in [0.1, 0.15) is 16.5 Å². The average molecular weight is 378 g/mol. The lowest BCUT2D eigenvalue weighted by molar-refractivity contribution is -0.125. The molecule has 1 aromatic carbocycles. The predicted molar refractivity (Wildman–Crippen MR) is 95.1 cm³/mol. The van der Waals surface area contributed by atoms with E-state index >= 15 is 0 Å². The summed E-state index contributed by atoms with van der Waals surface area (Å²) >= 11 is 1.24. The van der Waals surface area contributed by atoms with Crippen LogP contribution in [0.1, 0.15) is 28.0 Å². The Hall–Kier alpha value is -2.81. The summed E-state index contributed by atoms with van der Waals surface area (Å²) in [5.41, 5.74) is 0.781. The highest BCUT2D eigenvalue weighted by atomic mass is 32.1. The molecular weight excluding hydrogens is 359 g/mol. The predicted octanol–water partition coefficient (Wildman–Crippen LogP) is 1.01. The molecule has 9 heteroatoms. The van der Waals surface area contributed by atoms with Crippen molar-refractivity contribution in [2.24, 2.45) is 0 Å². The first kappa shape index (κ1) is 19.5. The van der Waals surface area contributed by atoms with Gasteiger partial charge in [-0.2, -0.15) is 0 Å². The van der Waals surface area contributed by atoms with Gasteiger partial charge >= 0.3 is 0 Å². The lowest BCUT2D eigenvalue weighted by atomic mass is 10.1. The van der Waals surface area contributed by atoms with Crippen molar-refractivity contribution in [1.29, 1.82) is 0 Å². The van der Waals surface area contributed by atoms with E-state index in [4.69, 9.17) is 0 Å². The number of nitrogens with one attached hydrogen (secondary N) is 3. The van der Waals surface area contributed by atoms with E-state index in [9.17, 15) is 18.8 Å². The van der Waals surface area contributed by atoms with Gasteiger partial charge in [-0.25, -0.2) is 9.37 Å². The van der Waals surface area contributed by atoms with Crippen LogP contribution < -0.4 is 16.0 Å². The molecule has 0 aliphatic carbocycles. The van der Waals surface area contributed by atoms with Gasteiger partial charge in [0.05, 0.1) is 13.1 Å². The van der Waals surface area contributed by atoms with Gasteiger partial charge in [0.15, 0.2) is 0 Å². The number of aromatic nitrogens is 1. The van der Waals surface area contributed by atoms with Gasteiger partial charge in [0.25, 0.3) is 5.91 Å².